The van der Waals surface area contributed by atoms with Crippen molar-refractivity contribution in [2.75, 3.05) is 6.54 Å². The molecule has 2 aliphatic rings. The highest BCUT2D eigenvalue weighted by Crippen LogP contribution is 2.37. The van der Waals surface area contributed by atoms with Gasteiger partial charge in [-0.05, 0) is 48.4 Å². The van der Waals surface area contributed by atoms with Crippen molar-refractivity contribution < 1.29 is 19.8 Å². The number of hydrogen-bond donors (Lipinski definition) is 2. The van der Waals surface area contributed by atoms with Crippen LogP contribution < -0.4 is 0 Å². The third-order valence-electron chi connectivity index (χ3n) is 4.98. The molecule has 5 nitrogen and oxygen atoms in total. The number of hydrogen-bond acceptors (Lipinski definition) is 4. The van der Waals surface area contributed by atoms with Gasteiger partial charge in [-0.1, -0.05) is 24.3 Å². The molecular weight excluding hydrogens is 306 g/mol. The van der Waals surface area contributed by atoms with E-state index in [0.29, 0.717) is 6.54 Å². The average Bonchev–Trinajstić information content (AvgIpc) is 2.83. The lowest BCUT2D eigenvalue weighted by Crippen LogP contribution is -2.36. The summed E-state index contributed by atoms with van der Waals surface area (Å²) in [6, 6.07) is 10.9. The monoisotopic (exact) mass is 323 g/mol. The van der Waals surface area contributed by atoms with Gasteiger partial charge in [-0.2, -0.15) is 0 Å². The Morgan fingerprint density at radius 1 is 1.00 bits per heavy atom. The van der Waals surface area contributed by atoms with E-state index in [-0.39, 0.29) is 22.8 Å². The number of rotatable bonds is 2. The van der Waals surface area contributed by atoms with Gasteiger partial charge in [-0.3, -0.25) is 14.5 Å². The predicted octanol–water partition coefficient (Wildman–Crippen LogP) is 2.50. The Labute approximate surface area is 139 Å². The molecule has 5 heteroatoms. The molecule has 24 heavy (non-hydrogen) atoms. The van der Waals surface area contributed by atoms with E-state index >= 15 is 0 Å². The minimum atomic E-state index is -0.526. The number of carbonyl (C=O) groups is 2. The SMILES string of the molecule is O=C1c2ccc(O)c(O)c2C(=O)N1CC1CCc2ccccc2C1. The number of nitrogens with zero attached hydrogens (tertiary/aromatic N) is 1. The first-order chi connectivity index (χ1) is 11.6. The number of phenols is 2. The standard InChI is InChI=1S/C19H17NO4/c21-15-8-7-14-16(17(15)22)19(24)20(18(14)23)10-11-5-6-12-3-1-2-4-13(12)9-11/h1-4,7-8,11,21-22H,5-6,9-10H2. The van der Waals surface area contributed by atoms with Crippen LogP contribution in [0.4, 0.5) is 0 Å². The van der Waals surface area contributed by atoms with Crippen molar-refractivity contribution in [2.24, 2.45) is 5.92 Å². The van der Waals surface area contributed by atoms with Gasteiger partial charge in [0, 0.05) is 6.54 Å². The van der Waals surface area contributed by atoms with Crippen LogP contribution in [0.5, 0.6) is 11.5 Å². The minimum Gasteiger partial charge on any atom is -0.504 e. The number of phenolic OH excluding ortho intramolecular Hbond substituents is 2. The first kappa shape index (κ1) is 14.8. The van der Waals surface area contributed by atoms with Crippen molar-refractivity contribution in [3.63, 3.8) is 0 Å². The summed E-state index contributed by atoms with van der Waals surface area (Å²) >= 11 is 0. The topological polar surface area (TPSA) is 77.8 Å². The van der Waals surface area contributed by atoms with Gasteiger partial charge in [-0.25, -0.2) is 0 Å². The minimum absolute atomic E-state index is 0.0868. The van der Waals surface area contributed by atoms with Crippen molar-refractivity contribution in [3.05, 3.63) is 58.7 Å². The quantitative estimate of drug-likeness (QED) is 0.657. The van der Waals surface area contributed by atoms with E-state index < -0.39 is 17.6 Å². The number of aryl methyl sites for hydroxylation is 1. The van der Waals surface area contributed by atoms with Gasteiger partial charge in [0.05, 0.1) is 11.1 Å². The van der Waals surface area contributed by atoms with E-state index in [1.165, 1.54) is 28.2 Å². The summed E-state index contributed by atoms with van der Waals surface area (Å²) < 4.78 is 0. The summed E-state index contributed by atoms with van der Waals surface area (Å²) in [4.78, 5) is 26.2. The van der Waals surface area contributed by atoms with Crippen LogP contribution in [0.25, 0.3) is 0 Å². The van der Waals surface area contributed by atoms with Gasteiger partial charge in [-0.15, -0.1) is 0 Å². The number of amides is 2. The molecule has 122 valence electrons. The predicted molar refractivity (Wildman–Crippen MR) is 87.1 cm³/mol. The third kappa shape index (κ3) is 2.16. The molecule has 0 radical (unpaired) electrons. The van der Waals surface area contributed by atoms with Crippen LogP contribution in [0.15, 0.2) is 36.4 Å². The van der Waals surface area contributed by atoms with Gasteiger partial charge < -0.3 is 10.2 Å². The Balaban J connectivity index is 1.58. The zero-order valence-corrected chi connectivity index (χ0v) is 13.0. The molecular formula is C19H17NO4. The van der Waals surface area contributed by atoms with Gasteiger partial charge in [0.2, 0.25) is 0 Å². The van der Waals surface area contributed by atoms with E-state index in [4.69, 9.17) is 0 Å². The third-order valence-corrected chi connectivity index (χ3v) is 4.98. The summed E-state index contributed by atoms with van der Waals surface area (Å²) in [6.45, 7) is 0.334. The summed E-state index contributed by atoms with van der Waals surface area (Å²) in [7, 11) is 0. The molecule has 0 saturated carbocycles. The van der Waals surface area contributed by atoms with Crippen molar-refractivity contribution in [3.8, 4) is 11.5 Å². The number of fused-ring (bicyclic) bond motifs is 2. The molecule has 1 aliphatic heterocycles. The van der Waals surface area contributed by atoms with Gasteiger partial charge >= 0.3 is 0 Å². The van der Waals surface area contributed by atoms with Crippen molar-refractivity contribution in [1.29, 1.82) is 0 Å². The average molecular weight is 323 g/mol. The van der Waals surface area contributed by atoms with Crippen LogP contribution in [0.1, 0.15) is 38.3 Å². The van der Waals surface area contributed by atoms with Crippen LogP contribution in [0.2, 0.25) is 0 Å². The lowest BCUT2D eigenvalue weighted by Gasteiger charge is -2.27. The largest absolute Gasteiger partial charge is 0.504 e. The molecule has 1 unspecified atom stereocenters. The van der Waals surface area contributed by atoms with Gasteiger partial charge in [0.15, 0.2) is 11.5 Å². The molecule has 1 aliphatic carbocycles. The summed E-state index contributed by atoms with van der Waals surface area (Å²) in [6.07, 6.45) is 2.69. The van der Waals surface area contributed by atoms with Crippen LogP contribution in [-0.4, -0.2) is 33.5 Å². The lowest BCUT2D eigenvalue weighted by molar-refractivity contribution is 0.0623. The van der Waals surface area contributed by atoms with E-state index in [2.05, 4.69) is 12.1 Å². The highest BCUT2D eigenvalue weighted by atomic mass is 16.3. The molecule has 2 aromatic rings. The number of benzene rings is 2. The van der Waals surface area contributed by atoms with Gasteiger partial charge in [0.1, 0.15) is 0 Å². The molecule has 0 spiro atoms. The fourth-order valence-corrected chi connectivity index (χ4v) is 3.70. The van der Waals surface area contributed by atoms with Crippen molar-refractivity contribution in [2.45, 2.75) is 19.3 Å². The second kappa shape index (κ2) is 5.37. The van der Waals surface area contributed by atoms with E-state index in [0.717, 1.165) is 19.3 Å². The molecule has 0 fully saturated rings. The summed E-state index contributed by atoms with van der Waals surface area (Å²) in [5.41, 5.74) is 2.67. The highest BCUT2D eigenvalue weighted by molar-refractivity contribution is 6.22. The Morgan fingerprint density at radius 2 is 1.75 bits per heavy atom. The van der Waals surface area contributed by atoms with Crippen molar-refractivity contribution >= 4 is 11.8 Å². The zero-order valence-electron chi connectivity index (χ0n) is 13.0. The van der Waals surface area contributed by atoms with Crippen LogP contribution >= 0.6 is 0 Å². The van der Waals surface area contributed by atoms with E-state index in [1.54, 1.807) is 0 Å². The number of aromatic hydroxyl groups is 2. The van der Waals surface area contributed by atoms with Gasteiger partial charge in [0.25, 0.3) is 11.8 Å². The second-order valence-corrected chi connectivity index (χ2v) is 6.45. The molecule has 4 rings (SSSR count). The molecule has 0 saturated heterocycles. The summed E-state index contributed by atoms with van der Waals surface area (Å²) in [5, 5.41) is 19.5. The Kier molecular flexibility index (Phi) is 3.30. The Bertz CT molecular complexity index is 858. The lowest BCUT2D eigenvalue weighted by atomic mass is 9.83. The summed E-state index contributed by atoms with van der Waals surface area (Å²) in [5.74, 6) is -1.62. The molecule has 0 aromatic heterocycles. The molecule has 2 amide bonds. The maximum atomic E-state index is 12.5. The maximum absolute atomic E-state index is 12.5. The van der Waals surface area contributed by atoms with Crippen LogP contribution in [0.3, 0.4) is 0 Å². The smallest absolute Gasteiger partial charge is 0.265 e. The first-order valence-electron chi connectivity index (χ1n) is 8.04. The molecule has 2 aromatic carbocycles. The molecule has 0 bridgehead atoms. The number of imide groups is 1. The highest BCUT2D eigenvalue weighted by Gasteiger charge is 2.40. The van der Waals surface area contributed by atoms with Crippen molar-refractivity contribution in [1.82, 2.24) is 4.90 Å². The van der Waals surface area contributed by atoms with Crippen LogP contribution in [-0.2, 0) is 12.8 Å². The second-order valence-electron chi connectivity index (χ2n) is 6.45. The molecule has 2 N–H and O–H groups in total. The van der Waals surface area contributed by atoms with E-state index in [1.807, 2.05) is 12.1 Å². The number of carbonyl (C=O) groups excluding carboxylic acids is 2. The fraction of sp³-hybridized carbons (Fsp3) is 0.263. The fourth-order valence-electron chi connectivity index (χ4n) is 3.70. The van der Waals surface area contributed by atoms with Crippen LogP contribution in [0, 0.1) is 5.92 Å². The Morgan fingerprint density at radius 3 is 2.54 bits per heavy atom. The molecule has 1 atom stereocenters. The zero-order chi connectivity index (χ0) is 16.8. The Hall–Kier alpha value is -2.82. The van der Waals surface area contributed by atoms with E-state index in [9.17, 15) is 19.8 Å². The normalized spacial score (nSPS) is 19.3. The molecule has 1 heterocycles. The first-order valence-corrected chi connectivity index (χ1v) is 8.04. The maximum Gasteiger partial charge on any atom is 0.265 e.